The standard InChI is InChI=1S/C11H18N4O3/c1-3-8(10(16)17)5-12-11(18)14-9-6-13-15(4-2)7-9/h6-8H,3-5H2,1-2H3,(H,16,17)(H2,12,14,18). The summed E-state index contributed by atoms with van der Waals surface area (Å²) < 4.78 is 1.68. The van der Waals surface area contributed by atoms with Gasteiger partial charge >= 0.3 is 12.0 Å². The molecule has 0 aliphatic heterocycles. The number of carbonyl (C=O) groups excluding carboxylic acids is 1. The monoisotopic (exact) mass is 254 g/mol. The van der Waals surface area contributed by atoms with Crippen molar-refractivity contribution in [2.45, 2.75) is 26.8 Å². The van der Waals surface area contributed by atoms with Crippen LogP contribution in [0.15, 0.2) is 12.4 Å². The summed E-state index contributed by atoms with van der Waals surface area (Å²) in [6, 6.07) is -0.426. The van der Waals surface area contributed by atoms with E-state index in [0.29, 0.717) is 12.1 Å². The molecule has 100 valence electrons. The van der Waals surface area contributed by atoms with E-state index in [1.165, 1.54) is 6.20 Å². The third-order valence-electron chi connectivity index (χ3n) is 2.57. The van der Waals surface area contributed by atoms with Crippen LogP contribution in [0.3, 0.4) is 0 Å². The molecule has 1 unspecified atom stereocenters. The van der Waals surface area contributed by atoms with E-state index in [4.69, 9.17) is 5.11 Å². The Morgan fingerprint density at radius 3 is 2.72 bits per heavy atom. The molecule has 0 saturated heterocycles. The van der Waals surface area contributed by atoms with Crippen LogP contribution < -0.4 is 10.6 Å². The minimum atomic E-state index is -0.906. The second kappa shape index (κ2) is 6.63. The molecule has 1 aromatic rings. The summed E-state index contributed by atoms with van der Waals surface area (Å²) in [5, 5.41) is 17.9. The molecule has 0 saturated carbocycles. The topological polar surface area (TPSA) is 96.3 Å². The molecule has 0 spiro atoms. The number of carboxylic acids is 1. The van der Waals surface area contributed by atoms with Crippen LogP contribution in [-0.4, -0.2) is 33.4 Å². The van der Waals surface area contributed by atoms with Crippen LogP contribution in [0, 0.1) is 5.92 Å². The number of hydrogen-bond donors (Lipinski definition) is 3. The van der Waals surface area contributed by atoms with E-state index in [0.717, 1.165) is 6.54 Å². The third kappa shape index (κ3) is 4.08. The van der Waals surface area contributed by atoms with Crippen molar-refractivity contribution in [2.24, 2.45) is 5.92 Å². The molecule has 7 nitrogen and oxygen atoms in total. The molecule has 1 aromatic heterocycles. The van der Waals surface area contributed by atoms with Gasteiger partial charge in [-0.1, -0.05) is 6.92 Å². The zero-order valence-corrected chi connectivity index (χ0v) is 10.5. The molecule has 0 radical (unpaired) electrons. The minimum absolute atomic E-state index is 0.111. The van der Waals surface area contributed by atoms with E-state index in [1.807, 2.05) is 6.92 Å². The molecular weight excluding hydrogens is 236 g/mol. The van der Waals surface area contributed by atoms with Crippen LogP contribution in [-0.2, 0) is 11.3 Å². The number of nitrogens with zero attached hydrogens (tertiary/aromatic N) is 2. The fourth-order valence-electron chi connectivity index (χ4n) is 1.40. The van der Waals surface area contributed by atoms with Crippen LogP contribution in [0.2, 0.25) is 0 Å². The predicted molar refractivity (Wildman–Crippen MR) is 66.3 cm³/mol. The highest BCUT2D eigenvalue weighted by Gasteiger charge is 2.15. The summed E-state index contributed by atoms with van der Waals surface area (Å²) in [5.74, 6) is -1.47. The Morgan fingerprint density at radius 1 is 1.50 bits per heavy atom. The largest absolute Gasteiger partial charge is 0.481 e. The van der Waals surface area contributed by atoms with Gasteiger partial charge in [0.1, 0.15) is 0 Å². The maximum atomic E-state index is 11.5. The number of nitrogens with one attached hydrogen (secondary N) is 2. The van der Waals surface area contributed by atoms with E-state index >= 15 is 0 Å². The minimum Gasteiger partial charge on any atom is -0.481 e. The number of rotatable bonds is 6. The molecular formula is C11H18N4O3. The summed E-state index contributed by atoms with van der Waals surface area (Å²) in [6.45, 7) is 4.54. The maximum absolute atomic E-state index is 11.5. The van der Waals surface area contributed by atoms with Gasteiger partial charge in [-0.3, -0.25) is 9.48 Å². The van der Waals surface area contributed by atoms with Gasteiger partial charge in [-0.25, -0.2) is 4.79 Å². The van der Waals surface area contributed by atoms with E-state index in [2.05, 4.69) is 15.7 Å². The first kappa shape index (κ1) is 14.0. The second-order valence-corrected chi connectivity index (χ2v) is 3.86. The van der Waals surface area contributed by atoms with Crippen molar-refractivity contribution in [3.8, 4) is 0 Å². The van der Waals surface area contributed by atoms with Crippen molar-refractivity contribution in [2.75, 3.05) is 11.9 Å². The van der Waals surface area contributed by atoms with E-state index in [-0.39, 0.29) is 6.54 Å². The van der Waals surface area contributed by atoms with Crippen molar-refractivity contribution >= 4 is 17.7 Å². The number of amides is 2. The molecule has 1 heterocycles. The van der Waals surface area contributed by atoms with Gasteiger partial charge in [-0.2, -0.15) is 5.10 Å². The third-order valence-corrected chi connectivity index (χ3v) is 2.57. The summed E-state index contributed by atoms with van der Waals surface area (Å²) in [7, 11) is 0. The van der Waals surface area contributed by atoms with Gasteiger partial charge in [-0.05, 0) is 13.3 Å². The van der Waals surface area contributed by atoms with E-state index in [1.54, 1.807) is 17.8 Å². The highest BCUT2D eigenvalue weighted by Crippen LogP contribution is 2.05. The maximum Gasteiger partial charge on any atom is 0.319 e. The number of aliphatic carboxylic acids is 1. The Kier molecular flexibility index (Phi) is 5.16. The Morgan fingerprint density at radius 2 is 2.22 bits per heavy atom. The highest BCUT2D eigenvalue weighted by molar-refractivity contribution is 5.89. The Hall–Kier alpha value is -2.05. The molecule has 0 aromatic carbocycles. The van der Waals surface area contributed by atoms with Crippen molar-refractivity contribution in [1.29, 1.82) is 0 Å². The lowest BCUT2D eigenvalue weighted by Gasteiger charge is -2.11. The number of carbonyl (C=O) groups is 2. The lowest BCUT2D eigenvalue weighted by atomic mass is 10.1. The zero-order valence-electron chi connectivity index (χ0n) is 10.5. The Labute approximate surface area is 105 Å². The molecule has 3 N–H and O–H groups in total. The van der Waals surface area contributed by atoms with Crippen molar-refractivity contribution in [3.63, 3.8) is 0 Å². The lowest BCUT2D eigenvalue weighted by molar-refractivity contribution is -0.141. The molecule has 7 heteroatoms. The normalized spacial score (nSPS) is 11.9. The first-order valence-corrected chi connectivity index (χ1v) is 5.86. The van der Waals surface area contributed by atoms with Crippen molar-refractivity contribution < 1.29 is 14.7 Å². The summed E-state index contributed by atoms with van der Waals surface area (Å²) in [5.41, 5.74) is 0.581. The number of anilines is 1. The predicted octanol–water partition coefficient (Wildman–Crippen LogP) is 1.14. The van der Waals surface area contributed by atoms with Gasteiger partial charge in [0.15, 0.2) is 0 Å². The Balaban J connectivity index is 2.39. The number of carboxylic acid groups (broad SMARTS) is 1. The second-order valence-electron chi connectivity index (χ2n) is 3.86. The fourth-order valence-corrected chi connectivity index (χ4v) is 1.40. The zero-order chi connectivity index (χ0) is 13.5. The van der Waals surface area contributed by atoms with E-state index in [9.17, 15) is 9.59 Å². The van der Waals surface area contributed by atoms with Crippen LogP contribution in [0.4, 0.5) is 10.5 Å². The molecule has 1 rings (SSSR count). The quantitative estimate of drug-likeness (QED) is 0.709. The van der Waals surface area contributed by atoms with Gasteiger partial charge in [0.2, 0.25) is 0 Å². The lowest BCUT2D eigenvalue weighted by Crippen LogP contribution is -2.35. The van der Waals surface area contributed by atoms with Gasteiger partial charge < -0.3 is 15.7 Å². The molecule has 18 heavy (non-hydrogen) atoms. The van der Waals surface area contributed by atoms with E-state index < -0.39 is 17.9 Å². The molecule has 0 fully saturated rings. The molecule has 1 atom stereocenters. The summed E-state index contributed by atoms with van der Waals surface area (Å²) >= 11 is 0. The first-order chi connectivity index (χ1) is 8.56. The SMILES string of the molecule is CCC(CNC(=O)Nc1cnn(CC)c1)C(=O)O. The van der Waals surface area contributed by atoms with Crippen molar-refractivity contribution in [1.82, 2.24) is 15.1 Å². The number of aromatic nitrogens is 2. The van der Waals surface area contributed by atoms with Gasteiger partial charge in [-0.15, -0.1) is 0 Å². The molecule has 0 aliphatic rings. The number of hydrogen-bond acceptors (Lipinski definition) is 3. The number of aryl methyl sites for hydroxylation is 1. The van der Waals surface area contributed by atoms with Crippen LogP contribution >= 0.6 is 0 Å². The average molecular weight is 254 g/mol. The number of urea groups is 1. The molecule has 2 amide bonds. The molecule has 0 bridgehead atoms. The van der Waals surface area contributed by atoms with Crippen molar-refractivity contribution in [3.05, 3.63) is 12.4 Å². The highest BCUT2D eigenvalue weighted by atomic mass is 16.4. The molecule has 0 aliphatic carbocycles. The van der Waals surface area contributed by atoms with Gasteiger partial charge in [0.05, 0.1) is 17.8 Å². The summed E-state index contributed by atoms with van der Waals surface area (Å²) in [4.78, 5) is 22.3. The van der Waals surface area contributed by atoms with Gasteiger partial charge in [0.25, 0.3) is 0 Å². The van der Waals surface area contributed by atoms with Crippen LogP contribution in [0.5, 0.6) is 0 Å². The average Bonchev–Trinajstić information content (AvgIpc) is 2.77. The van der Waals surface area contributed by atoms with Crippen LogP contribution in [0.25, 0.3) is 0 Å². The smallest absolute Gasteiger partial charge is 0.319 e. The summed E-state index contributed by atoms with van der Waals surface area (Å²) in [6.07, 6.45) is 3.72. The van der Waals surface area contributed by atoms with Gasteiger partial charge in [0, 0.05) is 19.3 Å². The Bertz CT molecular complexity index is 416. The first-order valence-electron chi connectivity index (χ1n) is 5.86. The van der Waals surface area contributed by atoms with Crippen LogP contribution in [0.1, 0.15) is 20.3 Å². The fraction of sp³-hybridized carbons (Fsp3) is 0.545.